The van der Waals surface area contributed by atoms with Gasteiger partial charge in [-0.15, -0.1) is 11.3 Å². The molecule has 0 saturated heterocycles. The van der Waals surface area contributed by atoms with Crippen LogP contribution in [0.15, 0.2) is 42.5 Å². The van der Waals surface area contributed by atoms with Crippen molar-refractivity contribution in [1.82, 2.24) is 5.32 Å². The van der Waals surface area contributed by atoms with Gasteiger partial charge in [0.2, 0.25) is 5.78 Å². The molecule has 1 aromatic heterocycles. The molecule has 2 aromatic rings. The van der Waals surface area contributed by atoms with Crippen LogP contribution in [-0.4, -0.2) is 30.7 Å². The number of hydrogen-bond acceptors (Lipinski definition) is 4. The second kappa shape index (κ2) is 6.90. The zero-order valence-electron chi connectivity index (χ0n) is 11.0. The molecule has 1 aromatic carbocycles. The van der Waals surface area contributed by atoms with E-state index in [4.69, 9.17) is 0 Å². The van der Waals surface area contributed by atoms with E-state index < -0.39 is 18.4 Å². The molecule has 1 heterocycles. The highest BCUT2D eigenvalue weighted by Crippen LogP contribution is 2.17. The largest absolute Gasteiger partial charge is 0.344 e. The molecule has 1 N–H and O–H groups in total. The number of rotatable bonds is 6. The van der Waals surface area contributed by atoms with Crippen LogP contribution in [0, 0.1) is 0 Å². The van der Waals surface area contributed by atoms with Crippen molar-refractivity contribution in [2.45, 2.75) is 0 Å². The highest BCUT2D eigenvalue weighted by Gasteiger charge is 2.14. The van der Waals surface area contributed by atoms with Gasteiger partial charge in [-0.1, -0.05) is 30.3 Å². The molecule has 1 amide bonds. The average Bonchev–Trinajstić information content (AvgIpc) is 3.02. The SMILES string of the molecule is O=C(CNC(=O)c1ccc(C(=O)CF)s1)c1ccccc1. The number of halogens is 1. The summed E-state index contributed by atoms with van der Waals surface area (Å²) >= 11 is 0.908. The number of amides is 1. The maximum atomic E-state index is 12.2. The van der Waals surface area contributed by atoms with Crippen LogP contribution in [0.4, 0.5) is 4.39 Å². The van der Waals surface area contributed by atoms with Crippen LogP contribution < -0.4 is 5.32 Å². The summed E-state index contributed by atoms with van der Waals surface area (Å²) in [4.78, 5) is 35.3. The summed E-state index contributed by atoms with van der Waals surface area (Å²) in [6.07, 6.45) is 0. The Morgan fingerprint density at radius 1 is 0.952 bits per heavy atom. The Hall–Kier alpha value is -2.34. The highest BCUT2D eigenvalue weighted by molar-refractivity contribution is 7.16. The minimum atomic E-state index is -1.09. The number of hydrogen-bond donors (Lipinski definition) is 1. The van der Waals surface area contributed by atoms with Gasteiger partial charge in [0.1, 0.15) is 0 Å². The van der Waals surface area contributed by atoms with Crippen molar-refractivity contribution in [1.29, 1.82) is 0 Å². The van der Waals surface area contributed by atoms with Crippen LogP contribution in [0.5, 0.6) is 0 Å². The molecule has 0 spiro atoms. The molecule has 4 nitrogen and oxygen atoms in total. The van der Waals surface area contributed by atoms with Crippen molar-refractivity contribution >= 4 is 28.8 Å². The maximum Gasteiger partial charge on any atom is 0.261 e. The number of Topliss-reactive ketones (excluding diaryl/α,β-unsaturated/α-hetero) is 2. The predicted molar refractivity (Wildman–Crippen MR) is 77.7 cm³/mol. The lowest BCUT2D eigenvalue weighted by molar-refractivity contribution is 0.0906. The minimum absolute atomic E-state index is 0.132. The van der Waals surface area contributed by atoms with E-state index in [2.05, 4.69) is 5.32 Å². The third-order valence-electron chi connectivity index (χ3n) is 2.73. The molecular weight excluding hydrogens is 293 g/mol. The first-order valence-electron chi connectivity index (χ1n) is 6.17. The summed E-state index contributed by atoms with van der Waals surface area (Å²) in [7, 11) is 0. The summed E-state index contributed by atoms with van der Waals surface area (Å²) in [6, 6.07) is 11.4. The quantitative estimate of drug-likeness (QED) is 0.834. The maximum absolute atomic E-state index is 12.2. The first-order valence-corrected chi connectivity index (χ1v) is 6.99. The number of carbonyl (C=O) groups is 3. The third-order valence-corrected chi connectivity index (χ3v) is 3.86. The topological polar surface area (TPSA) is 63.2 Å². The molecule has 0 aliphatic rings. The standard InChI is InChI=1S/C15H12FNO3S/c16-8-11(18)13-6-7-14(21-13)15(20)17-9-12(19)10-4-2-1-3-5-10/h1-7H,8-9H2,(H,17,20). The third kappa shape index (κ3) is 3.82. The van der Waals surface area contributed by atoms with E-state index in [1.54, 1.807) is 30.3 Å². The molecule has 0 aliphatic carbocycles. The van der Waals surface area contributed by atoms with Crippen LogP contribution in [0.2, 0.25) is 0 Å². The Morgan fingerprint density at radius 2 is 1.62 bits per heavy atom. The number of nitrogens with one attached hydrogen (secondary N) is 1. The van der Waals surface area contributed by atoms with Crippen molar-refractivity contribution < 1.29 is 18.8 Å². The van der Waals surface area contributed by atoms with Crippen LogP contribution in [-0.2, 0) is 0 Å². The van der Waals surface area contributed by atoms with E-state index in [0.717, 1.165) is 11.3 Å². The number of carbonyl (C=O) groups excluding carboxylic acids is 3. The summed E-state index contributed by atoms with van der Waals surface area (Å²) < 4.78 is 12.2. The van der Waals surface area contributed by atoms with Gasteiger partial charge < -0.3 is 5.32 Å². The van der Waals surface area contributed by atoms with E-state index in [0.29, 0.717) is 5.56 Å². The van der Waals surface area contributed by atoms with Gasteiger partial charge in [0.25, 0.3) is 5.91 Å². The molecule has 6 heteroatoms. The normalized spacial score (nSPS) is 10.1. The van der Waals surface area contributed by atoms with E-state index in [1.165, 1.54) is 12.1 Å². The first kappa shape index (κ1) is 15.1. The molecule has 108 valence electrons. The van der Waals surface area contributed by atoms with Crippen molar-refractivity contribution in [2.24, 2.45) is 0 Å². The predicted octanol–water partition coefficient (Wildman–Crippen LogP) is 2.51. The highest BCUT2D eigenvalue weighted by atomic mass is 32.1. The molecule has 0 bridgehead atoms. The second-order valence-corrected chi connectivity index (χ2v) is 5.28. The molecule has 0 aliphatic heterocycles. The average molecular weight is 305 g/mol. The van der Waals surface area contributed by atoms with Gasteiger partial charge >= 0.3 is 0 Å². The van der Waals surface area contributed by atoms with Crippen LogP contribution in [0.25, 0.3) is 0 Å². The van der Waals surface area contributed by atoms with Crippen molar-refractivity contribution in [2.75, 3.05) is 13.2 Å². The van der Waals surface area contributed by atoms with Crippen molar-refractivity contribution in [3.63, 3.8) is 0 Å². The molecule has 0 saturated carbocycles. The smallest absolute Gasteiger partial charge is 0.261 e. The van der Waals surface area contributed by atoms with Crippen LogP contribution in [0.3, 0.4) is 0 Å². The van der Waals surface area contributed by atoms with Crippen LogP contribution in [0.1, 0.15) is 29.7 Å². The first-order chi connectivity index (χ1) is 10.1. The molecule has 0 radical (unpaired) electrons. The van der Waals surface area contributed by atoms with Gasteiger partial charge in [-0.05, 0) is 12.1 Å². The Bertz CT molecular complexity index is 667. The fourth-order valence-electron chi connectivity index (χ4n) is 1.65. The van der Waals surface area contributed by atoms with E-state index in [1.807, 2.05) is 0 Å². The van der Waals surface area contributed by atoms with Gasteiger partial charge in [0, 0.05) is 5.56 Å². The van der Waals surface area contributed by atoms with Crippen molar-refractivity contribution in [3.8, 4) is 0 Å². The monoisotopic (exact) mass is 305 g/mol. The zero-order chi connectivity index (χ0) is 15.2. The van der Waals surface area contributed by atoms with Gasteiger partial charge in [-0.25, -0.2) is 4.39 Å². The van der Waals surface area contributed by atoms with Gasteiger partial charge in [0.15, 0.2) is 12.5 Å². The summed E-state index contributed by atoms with van der Waals surface area (Å²) in [5.41, 5.74) is 0.511. The Kier molecular flexibility index (Phi) is 4.94. The van der Waals surface area contributed by atoms with Crippen molar-refractivity contribution in [3.05, 3.63) is 57.8 Å². The van der Waals surface area contributed by atoms with Gasteiger partial charge in [0.05, 0.1) is 16.3 Å². The Labute approximate surface area is 124 Å². The molecule has 2 rings (SSSR count). The lowest BCUT2D eigenvalue weighted by Crippen LogP contribution is -2.28. The van der Waals surface area contributed by atoms with Gasteiger partial charge in [-0.3, -0.25) is 14.4 Å². The Balaban J connectivity index is 1.94. The summed E-state index contributed by atoms with van der Waals surface area (Å²) in [5.74, 6) is -1.32. The fourth-order valence-corrected chi connectivity index (χ4v) is 2.49. The second-order valence-electron chi connectivity index (χ2n) is 4.19. The number of benzene rings is 1. The minimum Gasteiger partial charge on any atom is -0.344 e. The van der Waals surface area contributed by atoms with E-state index in [9.17, 15) is 18.8 Å². The molecule has 0 unspecified atom stereocenters. The number of alkyl halides is 1. The molecule has 21 heavy (non-hydrogen) atoms. The zero-order valence-corrected chi connectivity index (χ0v) is 11.8. The number of thiophene rings is 1. The molecule has 0 fully saturated rings. The lowest BCUT2D eigenvalue weighted by atomic mass is 10.1. The summed E-state index contributed by atoms with van der Waals surface area (Å²) in [5, 5.41) is 2.48. The molecular formula is C15H12FNO3S. The summed E-state index contributed by atoms with van der Waals surface area (Å²) in [6.45, 7) is -1.22. The van der Waals surface area contributed by atoms with E-state index in [-0.39, 0.29) is 22.1 Å². The lowest BCUT2D eigenvalue weighted by Gasteiger charge is -2.03. The van der Waals surface area contributed by atoms with Gasteiger partial charge in [-0.2, -0.15) is 0 Å². The number of ketones is 2. The molecule has 0 atom stereocenters. The Morgan fingerprint density at radius 3 is 2.29 bits per heavy atom. The van der Waals surface area contributed by atoms with Crippen LogP contribution >= 0.6 is 11.3 Å². The van der Waals surface area contributed by atoms with E-state index >= 15 is 0 Å². The fraction of sp³-hybridized carbons (Fsp3) is 0.133.